The van der Waals surface area contributed by atoms with Crippen LogP contribution in [0, 0.1) is 0 Å². The number of para-hydroxylation sites is 1. The minimum absolute atomic E-state index is 0.0771. The topological polar surface area (TPSA) is 89.5 Å². The molecule has 1 saturated heterocycles. The van der Waals surface area contributed by atoms with Gasteiger partial charge in [0.05, 0.1) is 11.3 Å². The smallest absolute Gasteiger partial charge is 0.295 e. The zero-order valence-corrected chi connectivity index (χ0v) is 17.0. The quantitative estimate of drug-likeness (QED) is 0.375. The monoisotopic (exact) mass is 404 g/mol. The Hall–Kier alpha value is -3.45. The maximum absolute atomic E-state index is 13.0. The fourth-order valence-electron chi connectivity index (χ4n) is 3.93. The van der Waals surface area contributed by atoms with Gasteiger partial charge in [-0.05, 0) is 45.3 Å². The Kier molecular flexibility index (Phi) is 5.37. The van der Waals surface area contributed by atoms with Gasteiger partial charge in [0.15, 0.2) is 0 Å². The molecule has 7 heteroatoms. The van der Waals surface area contributed by atoms with E-state index in [2.05, 4.69) is 9.97 Å². The number of amides is 1. The summed E-state index contributed by atoms with van der Waals surface area (Å²) in [5.74, 6) is -1.47. The van der Waals surface area contributed by atoms with Crippen LogP contribution in [0.25, 0.3) is 16.7 Å². The molecule has 0 bridgehead atoms. The first kappa shape index (κ1) is 19.8. The maximum atomic E-state index is 13.0. The average Bonchev–Trinajstić information content (AvgIpc) is 3.28. The Balaban J connectivity index is 1.83. The third kappa shape index (κ3) is 3.48. The normalized spacial score (nSPS) is 18.6. The van der Waals surface area contributed by atoms with Crippen LogP contribution < -0.4 is 0 Å². The number of ketones is 1. The van der Waals surface area contributed by atoms with Gasteiger partial charge in [0.2, 0.25) is 0 Å². The van der Waals surface area contributed by atoms with Gasteiger partial charge in [0.25, 0.3) is 11.7 Å². The fourth-order valence-corrected chi connectivity index (χ4v) is 3.93. The van der Waals surface area contributed by atoms with Crippen LogP contribution in [0.15, 0.2) is 60.4 Å². The summed E-state index contributed by atoms with van der Waals surface area (Å²) in [6.07, 6.45) is 3.99. The number of H-pyrrole nitrogens is 1. The maximum Gasteiger partial charge on any atom is 0.295 e. The van der Waals surface area contributed by atoms with Gasteiger partial charge in [-0.1, -0.05) is 24.3 Å². The molecule has 7 nitrogen and oxygen atoms in total. The van der Waals surface area contributed by atoms with Crippen molar-refractivity contribution in [2.75, 3.05) is 27.2 Å². The number of aromatic nitrogens is 2. The zero-order valence-electron chi connectivity index (χ0n) is 17.0. The van der Waals surface area contributed by atoms with E-state index in [9.17, 15) is 14.7 Å². The van der Waals surface area contributed by atoms with Crippen LogP contribution in [0.3, 0.4) is 0 Å². The Morgan fingerprint density at radius 2 is 1.93 bits per heavy atom. The number of aliphatic hydroxyl groups excluding tert-OH is 1. The predicted molar refractivity (Wildman–Crippen MR) is 115 cm³/mol. The molecule has 1 aliphatic heterocycles. The Labute approximate surface area is 174 Å². The van der Waals surface area contributed by atoms with Crippen LogP contribution in [0.4, 0.5) is 0 Å². The number of carbonyl (C=O) groups excluding carboxylic acids is 2. The predicted octanol–water partition coefficient (Wildman–Crippen LogP) is 2.94. The fraction of sp³-hybridized carbons (Fsp3) is 0.261. The highest BCUT2D eigenvalue weighted by molar-refractivity contribution is 6.46. The lowest BCUT2D eigenvalue weighted by molar-refractivity contribution is -0.140. The molecule has 1 atom stereocenters. The third-order valence-electron chi connectivity index (χ3n) is 5.36. The summed E-state index contributed by atoms with van der Waals surface area (Å²) in [5.41, 5.74) is 1.97. The number of Topliss-reactive ketones (excluding diaryl/α,β-unsaturated/α-hetero) is 1. The van der Waals surface area contributed by atoms with E-state index in [1.165, 1.54) is 4.90 Å². The van der Waals surface area contributed by atoms with Crippen molar-refractivity contribution in [3.63, 3.8) is 0 Å². The molecule has 154 valence electrons. The second kappa shape index (κ2) is 8.12. The van der Waals surface area contributed by atoms with Crippen molar-refractivity contribution < 1.29 is 14.7 Å². The summed E-state index contributed by atoms with van der Waals surface area (Å²) in [5, 5.41) is 12.0. The molecule has 3 heterocycles. The molecule has 0 saturated carbocycles. The minimum Gasteiger partial charge on any atom is -0.507 e. The average molecular weight is 404 g/mol. The van der Waals surface area contributed by atoms with Crippen molar-refractivity contribution in [2.45, 2.75) is 12.5 Å². The SMILES string of the molecule is CN(C)CCCN1C(=O)C(=O)/C(=C(/O)c2c[nH]c3ccccc23)C1c1ccccn1. The molecule has 3 aromatic rings. The van der Waals surface area contributed by atoms with E-state index in [4.69, 9.17) is 0 Å². The summed E-state index contributed by atoms with van der Waals surface area (Å²) >= 11 is 0. The van der Waals surface area contributed by atoms with Gasteiger partial charge >= 0.3 is 0 Å². The molecule has 1 aliphatic rings. The van der Waals surface area contributed by atoms with Crippen LogP contribution in [-0.4, -0.2) is 63.7 Å². The summed E-state index contributed by atoms with van der Waals surface area (Å²) in [7, 11) is 3.92. The van der Waals surface area contributed by atoms with E-state index >= 15 is 0 Å². The van der Waals surface area contributed by atoms with Crippen molar-refractivity contribution in [2.24, 2.45) is 0 Å². The molecule has 1 amide bonds. The second-order valence-corrected chi connectivity index (χ2v) is 7.65. The number of carbonyl (C=O) groups is 2. The number of rotatable bonds is 6. The highest BCUT2D eigenvalue weighted by Gasteiger charge is 2.46. The molecule has 1 fully saturated rings. The van der Waals surface area contributed by atoms with Gasteiger partial charge in [-0.3, -0.25) is 14.6 Å². The molecule has 0 aliphatic carbocycles. The molecule has 2 N–H and O–H groups in total. The van der Waals surface area contributed by atoms with Crippen LogP contribution in [0.5, 0.6) is 0 Å². The van der Waals surface area contributed by atoms with Crippen LogP contribution >= 0.6 is 0 Å². The molecule has 30 heavy (non-hydrogen) atoms. The van der Waals surface area contributed by atoms with Gasteiger partial charge in [-0.2, -0.15) is 0 Å². The number of fused-ring (bicyclic) bond motifs is 1. The minimum atomic E-state index is -0.720. The Morgan fingerprint density at radius 1 is 1.17 bits per heavy atom. The van der Waals surface area contributed by atoms with Crippen molar-refractivity contribution in [3.8, 4) is 0 Å². The number of nitrogens with zero attached hydrogens (tertiary/aromatic N) is 3. The number of nitrogens with one attached hydrogen (secondary N) is 1. The van der Waals surface area contributed by atoms with Gasteiger partial charge < -0.3 is 19.9 Å². The first-order chi connectivity index (χ1) is 14.5. The summed E-state index contributed by atoms with van der Waals surface area (Å²) in [6, 6.07) is 12.2. The Morgan fingerprint density at radius 3 is 2.67 bits per heavy atom. The number of pyridine rings is 1. The summed E-state index contributed by atoms with van der Waals surface area (Å²) in [6.45, 7) is 1.18. The molecule has 1 aromatic carbocycles. The van der Waals surface area contributed by atoms with E-state index in [1.54, 1.807) is 24.5 Å². The van der Waals surface area contributed by atoms with E-state index < -0.39 is 17.7 Å². The van der Waals surface area contributed by atoms with E-state index in [-0.39, 0.29) is 11.3 Å². The van der Waals surface area contributed by atoms with E-state index in [1.807, 2.05) is 49.3 Å². The third-order valence-corrected chi connectivity index (χ3v) is 5.36. The van der Waals surface area contributed by atoms with Gasteiger partial charge in [-0.25, -0.2) is 0 Å². The number of likely N-dealkylation sites (tertiary alicyclic amines) is 1. The van der Waals surface area contributed by atoms with Gasteiger partial charge in [0, 0.05) is 35.4 Å². The van der Waals surface area contributed by atoms with Crippen LogP contribution in [-0.2, 0) is 9.59 Å². The highest BCUT2D eigenvalue weighted by Crippen LogP contribution is 2.39. The van der Waals surface area contributed by atoms with E-state index in [0.29, 0.717) is 24.2 Å². The molecule has 2 aromatic heterocycles. The second-order valence-electron chi connectivity index (χ2n) is 7.65. The number of benzene rings is 1. The molecular formula is C23H24N4O3. The molecule has 0 radical (unpaired) electrons. The van der Waals surface area contributed by atoms with Crippen LogP contribution in [0.2, 0.25) is 0 Å². The zero-order chi connectivity index (χ0) is 21.3. The lowest BCUT2D eigenvalue weighted by Gasteiger charge is -2.25. The standard InChI is InChI=1S/C23H24N4O3/c1-26(2)12-7-13-27-20(18-10-5-6-11-24-18)19(22(29)23(27)30)21(28)16-14-25-17-9-4-3-8-15(16)17/h3-6,8-11,14,20,25,28H,7,12-13H2,1-2H3/b21-19+. The molecule has 4 rings (SSSR count). The number of aromatic amines is 1. The molecule has 0 spiro atoms. The first-order valence-corrected chi connectivity index (χ1v) is 9.89. The van der Waals surface area contributed by atoms with Gasteiger partial charge in [-0.15, -0.1) is 0 Å². The number of hydrogen-bond acceptors (Lipinski definition) is 5. The first-order valence-electron chi connectivity index (χ1n) is 9.89. The van der Waals surface area contributed by atoms with Crippen molar-refractivity contribution in [1.82, 2.24) is 19.8 Å². The van der Waals surface area contributed by atoms with Crippen molar-refractivity contribution in [3.05, 3.63) is 71.7 Å². The lowest BCUT2D eigenvalue weighted by Crippen LogP contribution is -2.32. The van der Waals surface area contributed by atoms with Gasteiger partial charge in [0.1, 0.15) is 11.8 Å². The summed E-state index contributed by atoms with van der Waals surface area (Å²) < 4.78 is 0. The van der Waals surface area contributed by atoms with E-state index in [0.717, 1.165) is 17.4 Å². The van der Waals surface area contributed by atoms with Crippen molar-refractivity contribution >= 4 is 28.4 Å². The highest BCUT2D eigenvalue weighted by atomic mass is 16.3. The number of aliphatic hydroxyl groups is 1. The molecular weight excluding hydrogens is 380 g/mol. The van der Waals surface area contributed by atoms with Crippen LogP contribution in [0.1, 0.15) is 23.7 Å². The number of hydrogen-bond donors (Lipinski definition) is 2. The molecule has 1 unspecified atom stereocenters. The van der Waals surface area contributed by atoms with Crippen molar-refractivity contribution in [1.29, 1.82) is 0 Å². The lowest BCUT2D eigenvalue weighted by atomic mass is 9.98. The largest absolute Gasteiger partial charge is 0.507 e. The summed E-state index contributed by atoms with van der Waals surface area (Å²) in [4.78, 5) is 37.0. The Bertz CT molecular complexity index is 1120.